The van der Waals surface area contributed by atoms with Crippen LogP contribution in [0.5, 0.6) is 0 Å². The Bertz CT molecular complexity index is 1320. The molecule has 0 radical (unpaired) electrons. The third kappa shape index (κ3) is 53.8. The summed E-state index contributed by atoms with van der Waals surface area (Å²) in [5.74, 6) is 4.02. The molecule has 0 bridgehead atoms. The summed E-state index contributed by atoms with van der Waals surface area (Å²) < 4.78 is 31.6. The molecular formula is C52H98N2O5S. The number of hydrogen-bond acceptors (Lipinski definition) is 6. The monoisotopic (exact) mass is 863 g/mol. The first-order chi connectivity index (χ1) is 27.7. The Hall–Kier alpha value is -2.26. The van der Waals surface area contributed by atoms with Crippen LogP contribution in [-0.4, -0.2) is 65.2 Å². The number of amides is 1. The highest BCUT2D eigenvalue weighted by Gasteiger charge is 2.13. The zero-order valence-corrected chi connectivity index (χ0v) is 43.3. The van der Waals surface area contributed by atoms with Crippen LogP contribution in [0.25, 0.3) is 0 Å². The number of morpholine rings is 1. The molecule has 7 nitrogen and oxygen atoms in total. The van der Waals surface area contributed by atoms with Crippen molar-refractivity contribution < 1.29 is 22.1 Å². The molecule has 352 valence electrons. The third-order valence-corrected chi connectivity index (χ3v) is 9.95. The van der Waals surface area contributed by atoms with Gasteiger partial charge in [0.15, 0.2) is 0 Å². The van der Waals surface area contributed by atoms with E-state index in [-0.39, 0.29) is 16.3 Å². The maximum Gasteiger partial charge on any atom is 0.296 e. The summed E-state index contributed by atoms with van der Waals surface area (Å²) >= 11 is 0. The summed E-state index contributed by atoms with van der Waals surface area (Å²) in [5.41, 5.74) is 2.76. The molecule has 0 unspecified atom stereocenters. The first-order valence-electron chi connectivity index (χ1n) is 23.1. The molecule has 8 heteroatoms. The number of carbonyl (C=O) groups excluding carboxylic acids is 1. The van der Waals surface area contributed by atoms with Gasteiger partial charge in [0.25, 0.3) is 10.1 Å². The number of ether oxygens (including phenoxy) is 1. The van der Waals surface area contributed by atoms with Crippen LogP contribution in [0.2, 0.25) is 0 Å². The molecule has 0 aromatic heterocycles. The van der Waals surface area contributed by atoms with Crippen molar-refractivity contribution in [2.24, 2.45) is 29.1 Å². The van der Waals surface area contributed by atoms with Crippen LogP contribution < -0.4 is 5.32 Å². The Morgan fingerprint density at radius 3 is 1.22 bits per heavy atom. The maximum absolute atomic E-state index is 11.1. The van der Waals surface area contributed by atoms with Crippen LogP contribution in [0.15, 0.2) is 59.5 Å². The Morgan fingerprint density at radius 1 is 0.683 bits per heavy atom. The number of nitrogens with zero attached hydrogens (tertiary/aromatic N) is 1. The molecule has 1 amide bonds. The van der Waals surface area contributed by atoms with E-state index in [4.69, 9.17) is 4.74 Å². The average Bonchev–Trinajstić information content (AvgIpc) is 3.77. The highest BCUT2D eigenvalue weighted by Crippen LogP contribution is 2.26. The van der Waals surface area contributed by atoms with E-state index in [1.54, 1.807) is 12.1 Å². The Morgan fingerprint density at radius 2 is 1.03 bits per heavy atom. The fourth-order valence-corrected chi connectivity index (χ4v) is 5.78. The van der Waals surface area contributed by atoms with E-state index in [0.717, 1.165) is 62.6 Å². The molecule has 4 fully saturated rings. The van der Waals surface area contributed by atoms with Gasteiger partial charge in [0.1, 0.15) is 0 Å². The minimum atomic E-state index is -3.51. The Kier molecular flexibility index (Phi) is 37.5. The second-order valence-corrected chi connectivity index (χ2v) is 22.2. The van der Waals surface area contributed by atoms with Crippen molar-refractivity contribution >= 4 is 16.0 Å². The molecule has 2 aromatic carbocycles. The van der Waals surface area contributed by atoms with Gasteiger partial charge in [-0.25, -0.2) is 0 Å². The lowest BCUT2D eigenvalue weighted by atomic mass is 9.91. The van der Waals surface area contributed by atoms with Gasteiger partial charge in [-0.2, -0.15) is 8.42 Å². The lowest BCUT2D eigenvalue weighted by Gasteiger charge is -2.21. The van der Waals surface area contributed by atoms with Gasteiger partial charge in [0.05, 0.1) is 25.2 Å². The summed E-state index contributed by atoms with van der Waals surface area (Å²) in [5, 5.41) is 2.74. The molecule has 6 rings (SSSR count). The minimum absolute atomic E-state index is 0.0255. The van der Waals surface area contributed by atoms with Gasteiger partial charge in [-0.15, -0.1) is 0 Å². The van der Waals surface area contributed by atoms with Gasteiger partial charge in [0, 0.05) is 25.6 Å². The zero-order chi connectivity index (χ0) is 46.8. The number of hydrogen-bond donors (Lipinski definition) is 1. The lowest BCUT2D eigenvalue weighted by molar-refractivity contribution is -0.120. The molecule has 0 spiro atoms. The zero-order valence-electron chi connectivity index (χ0n) is 42.5. The van der Waals surface area contributed by atoms with Gasteiger partial charge in [-0.3, -0.25) is 8.98 Å². The summed E-state index contributed by atoms with van der Waals surface area (Å²) in [6.45, 7) is 37.6. The van der Waals surface area contributed by atoms with E-state index in [0.29, 0.717) is 5.41 Å². The van der Waals surface area contributed by atoms with Crippen LogP contribution in [0.3, 0.4) is 0 Å². The quantitative estimate of drug-likeness (QED) is 0.303. The highest BCUT2D eigenvalue weighted by molar-refractivity contribution is 7.86. The Labute approximate surface area is 374 Å². The molecule has 1 N–H and O–H groups in total. The molecule has 3 aliphatic carbocycles. The number of aryl methyl sites for hydroxylation is 2. The van der Waals surface area contributed by atoms with Crippen molar-refractivity contribution in [3.8, 4) is 0 Å². The molecule has 1 aliphatic heterocycles. The topological polar surface area (TPSA) is 84.9 Å². The standard InChI is InChI=1S/C8H10O3S.C7H14.C7H8.C6H13NO.C6H12.C5H11NO.C5H12.C4H8.C4H10/c1-7-3-5-8(6-4-7)12(9,10)11-2;2*1-7-5-3-2-4-6-7;1-5(8)7-6(2,3)4;1-6-4-2-3-5-6;1-6-2-4-7-5-3-6;1-5(2,3)4;1-4-2-3-4;1-4(2)3/h3-6H,1-2H3;7H,2-6H2,1H3;2-6H,1H3;1-4H3,(H,7,8);6H,2-5H2,1H3;2-5H2,1H3;1-4H3;4H,2-3H2,1H3;4H,1-3H3. The van der Waals surface area contributed by atoms with Crippen LogP contribution >= 0.6 is 0 Å². The molecule has 0 atom stereocenters. The fourth-order valence-electron chi connectivity index (χ4n) is 5.12. The summed E-state index contributed by atoms with van der Waals surface area (Å²) in [4.78, 5) is 12.8. The summed E-state index contributed by atoms with van der Waals surface area (Å²) in [6, 6.07) is 16.8. The smallest absolute Gasteiger partial charge is 0.296 e. The van der Waals surface area contributed by atoms with Gasteiger partial charge < -0.3 is 15.0 Å². The molecule has 60 heavy (non-hydrogen) atoms. The van der Waals surface area contributed by atoms with E-state index in [2.05, 4.69) is 110 Å². The van der Waals surface area contributed by atoms with E-state index in [1.807, 2.05) is 45.9 Å². The SMILES string of the molecule is CC(=O)NC(C)(C)C.CC(C)(C)C.CC(C)C.CC1CC1.CC1CCCC1.CC1CCCCC1.CN1CCOCC1.COS(=O)(=O)c1ccc(C)cc1.Cc1ccccc1. The van der Waals surface area contributed by atoms with Crippen molar-refractivity contribution in [1.82, 2.24) is 10.2 Å². The molecular weight excluding hydrogens is 765 g/mol. The van der Waals surface area contributed by atoms with Crippen molar-refractivity contribution in [3.63, 3.8) is 0 Å². The number of rotatable bonds is 2. The third-order valence-electron chi connectivity index (χ3n) is 8.66. The van der Waals surface area contributed by atoms with Crippen molar-refractivity contribution in [1.29, 1.82) is 0 Å². The predicted molar refractivity (Wildman–Crippen MR) is 262 cm³/mol. The largest absolute Gasteiger partial charge is 0.379 e. The lowest BCUT2D eigenvalue weighted by Crippen LogP contribution is -2.38. The van der Waals surface area contributed by atoms with Gasteiger partial charge in [-0.05, 0) is 82.9 Å². The van der Waals surface area contributed by atoms with Crippen LogP contribution in [0.4, 0.5) is 0 Å². The van der Waals surface area contributed by atoms with Crippen molar-refractivity contribution in [3.05, 3.63) is 65.7 Å². The normalized spacial score (nSPS) is 16.6. The van der Waals surface area contributed by atoms with Gasteiger partial charge in [0.2, 0.25) is 5.91 Å². The van der Waals surface area contributed by atoms with E-state index in [9.17, 15) is 13.2 Å². The fraction of sp³-hybridized carbons (Fsp3) is 0.750. The number of carbonyl (C=O) groups is 1. The van der Waals surface area contributed by atoms with Gasteiger partial charge in [-0.1, -0.05) is 193 Å². The van der Waals surface area contributed by atoms with Crippen LogP contribution in [0.1, 0.15) is 179 Å². The maximum atomic E-state index is 11.1. The van der Waals surface area contributed by atoms with E-state index >= 15 is 0 Å². The first kappa shape index (κ1) is 62.0. The Balaban J connectivity index is -0.000000621. The molecule has 2 aromatic rings. The molecule has 3 saturated carbocycles. The molecule has 4 aliphatic rings. The number of benzene rings is 2. The first-order valence-corrected chi connectivity index (χ1v) is 24.5. The van der Waals surface area contributed by atoms with Crippen molar-refractivity contribution in [2.75, 3.05) is 40.5 Å². The average molecular weight is 863 g/mol. The number of likely N-dealkylation sites (N-methyl/N-ethyl adjacent to an activating group) is 1. The summed E-state index contributed by atoms with van der Waals surface area (Å²) in [6.07, 6.45) is 16.4. The molecule has 1 heterocycles. The van der Waals surface area contributed by atoms with E-state index in [1.165, 1.54) is 95.2 Å². The second-order valence-electron chi connectivity index (χ2n) is 20.5. The predicted octanol–water partition coefficient (Wildman–Crippen LogP) is 14.1. The van der Waals surface area contributed by atoms with Crippen molar-refractivity contribution in [2.45, 2.75) is 192 Å². The highest BCUT2D eigenvalue weighted by atomic mass is 32.2. The second kappa shape index (κ2) is 36.2. The van der Waals surface area contributed by atoms with E-state index < -0.39 is 10.1 Å². The molecule has 1 saturated heterocycles. The minimum Gasteiger partial charge on any atom is -0.379 e. The number of nitrogens with one attached hydrogen (secondary N) is 1. The van der Waals surface area contributed by atoms with Gasteiger partial charge >= 0.3 is 0 Å². The van der Waals surface area contributed by atoms with Crippen LogP contribution in [0, 0.1) is 42.9 Å². The summed E-state index contributed by atoms with van der Waals surface area (Å²) in [7, 11) is -0.253. The van der Waals surface area contributed by atoms with Crippen LogP contribution in [-0.2, 0) is 23.8 Å².